The normalized spacial score (nSPS) is 19.4. The molecule has 166 valence electrons. The van der Waals surface area contributed by atoms with Crippen LogP contribution in [0.15, 0.2) is 88.1 Å². The molecule has 1 atom stereocenters. The maximum atomic E-state index is 13.6. The van der Waals surface area contributed by atoms with Gasteiger partial charge in [-0.1, -0.05) is 48.6 Å². The third-order valence-corrected chi connectivity index (χ3v) is 5.78. The summed E-state index contributed by atoms with van der Waals surface area (Å²) in [7, 11) is 0. The number of azo groups is 1. The molecule has 0 aromatic heterocycles. The maximum absolute atomic E-state index is 13.6. The fourth-order valence-electron chi connectivity index (χ4n) is 4.16. The highest BCUT2D eigenvalue weighted by Crippen LogP contribution is 2.44. The Bertz CT molecular complexity index is 1250. The van der Waals surface area contributed by atoms with Gasteiger partial charge in [0.05, 0.1) is 17.2 Å². The Morgan fingerprint density at radius 2 is 1.67 bits per heavy atom. The number of halogens is 3. The monoisotopic (exact) mass is 450 g/mol. The molecule has 9 heteroatoms. The number of alkyl halides is 3. The predicted octanol–water partition coefficient (Wildman–Crippen LogP) is 5.61. The van der Waals surface area contributed by atoms with Crippen LogP contribution in [0.2, 0.25) is 0 Å². The Labute approximate surface area is 186 Å². The van der Waals surface area contributed by atoms with Gasteiger partial charge in [-0.2, -0.15) is 13.2 Å². The van der Waals surface area contributed by atoms with Gasteiger partial charge in [0, 0.05) is 29.9 Å². The lowest BCUT2D eigenvalue weighted by molar-refractivity contribution is -0.120. The zero-order valence-corrected chi connectivity index (χ0v) is 17.1. The molecule has 3 aliphatic rings. The SMILES string of the molecule is O=C1N=NC(c2ccc(NC(=O)N3Cc4ccccc4C3)cc2)=C2C(C(F)(F)F)=CC=CC12. The summed E-state index contributed by atoms with van der Waals surface area (Å²) in [5, 5.41) is 10.1. The van der Waals surface area contributed by atoms with Crippen molar-refractivity contribution in [3.8, 4) is 0 Å². The van der Waals surface area contributed by atoms with Crippen LogP contribution in [0.3, 0.4) is 0 Å². The number of urea groups is 1. The average Bonchev–Trinajstić information content (AvgIpc) is 3.24. The lowest BCUT2D eigenvalue weighted by Gasteiger charge is -2.26. The minimum atomic E-state index is -4.64. The number of anilines is 1. The minimum Gasteiger partial charge on any atom is -0.316 e. The van der Waals surface area contributed by atoms with Gasteiger partial charge in [-0.15, -0.1) is 10.2 Å². The molecule has 0 radical (unpaired) electrons. The molecule has 1 N–H and O–H groups in total. The van der Waals surface area contributed by atoms with E-state index in [0.717, 1.165) is 17.2 Å². The summed E-state index contributed by atoms with van der Waals surface area (Å²) in [5.74, 6) is -1.87. The fourth-order valence-corrected chi connectivity index (χ4v) is 4.16. The standard InChI is InChI=1S/C24H17F3N4O2/c25-24(26,27)19-7-3-6-18-20(19)21(29-30-22(18)32)14-8-10-17(11-9-14)28-23(33)31-12-15-4-1-2-5-16(15)13-31/h1-11,18H,12-13H2,(H,28,33). The Morgan fingerprint density at radius 3 is 2.30 bits per heavy atom. The first kappa shape index (κ1) is 20.9. The number of allylic oxidation sites excluding steroid dienone is 3. The third kappa shape index (κ3) is 3.86. The Kier molecular flexibility index (Phi) is 4.96. The number of amides is 3. The number of carbonyl (C=O) groups is 2. The van der Waals surface area contributed by atoms with Gasteiger partial charge in [-0.05, 0) is 29.3 Å². The van der Waals surface area contributed by atoms with Gasteiger partial charge in [0.25, 0.3) is 5.91 Å². The topological polar surface area (TPSA) is 74.1 Å². The van der Waals surface area contributed by atoms with Crippen molar-refractivity contribution in [3.63, 3.8) is 0 Å². The van der Waals surface area contributed by atoms with Crippen LogP contribution in [0.25, 0.3) is 5.70 Å². The van der Waals surface area contributed by atoms with Crippen LogP contribution in [-0.2, 0) is 17.9 Å². The highest BCUT2D eigenvalue weighted by atomic mass is 19.4. The predicted molar refractivity (Wildman–Crippen MR) is 115 cm³/mol. The van der Waals surface area contributed by atoms with E-state index in [4.69, 9.17) is 0 Å². The smallest absolute Gasteiger partial charge is 0.316 e. The Balaban J connectivity index is 1.38. The van der Waals surface area contributed by atoms with Crippen LogP contribution in [0.4, 0.5) is 23.7 Å². The Morgan fingerprint density at radius 1 is 1.00 bits per heavy atom. The molecule has 2 heterocycles. The molecular formula is C24H17F3N4O2. The van der Waals surface area contributed by atoms with Crippen molar-refractivity contribution in [2.45, 2.75) is 19.3 Å². The molecule has 2 aromatic rings. The quantitative estimate of drug-likeness (QED) is 0.646. The second-order valence-corrected chi connectivity index (χ2v) is 7.87. The van der Waals surface area contributed by atoms with Crippen molar-refractivity contribution < 1.29 is 22.8 Å². The van der Waals surface area contributed by atoms with E-state index in [-0.39, 0.29) is 17.3 Å². The van der Waals surface area contributed by atoms with Crippen molar-refractivity contribution in [1.82, 2.24) is 4.90 Å². The molecule has 1 unspecified atom stereocenters. The average molecular weight is 450 g/mol. The van der Waals surface area contributed by atoms with Gasteiger partial charge < -0.3 is 10.2 Å². The van der Waals surface area contributed by atoms with Gasteiger partial charge in [-0.25, -0.2) is 4.79 Å². The Hall–Kier alpha value is -4.01. The molecular weight excluding hydrogens is 433 g/mol. The number of hydrogen-bond donors (Lipinski definition) is 1. The lowest BCUT2D eigenvalue weighted by Crippen LogP contribution is -2.30. The van der Waals surface area contributed by atoms with Gasteiger partial charge in [-0.3, -0.25) is 4.79 Å². The van der Waals surface area contributed by atoms with Crippen molar-refractivity contribution in [1.29, 1.82) is 0 Å². The minimum absolute atomic E-state index is 0.0135. The van der Waals surface area contributed by atoms with Crippen LogP contribution < -0.4 is 5.32 Å². The van der Waals surface area contributed by atoms with Crippen LogP contribution in [0, 0.1) is 5.92 Å². The summed E-state index contributed by atoms with van der Waals surface area (Å²) in [4.78, 5) is 26.4. The number of carbonyl (C=O) groups excluding carboxylic acids is 2. The van der Waals surface area contributed by atoms with Crippen molar-refractivity contribution in [2.75, 3.05) is 5.32 Å². The van der Waals surface area contributed by atoms with Crippen molar-refractivity contribution in [2.24, 2.45) is 16.1 Å². The first-order chi connectivity index (χ1) is 15.8. The van der Waals surface area contributed by atoms with E-state index in [2.05, 4.69) is 15.5 Å². The maximum Gasteiger partial charge on any atom is 0.416 e. The summed E-state index contributed by atoms with van der Waals surface area (Å²) in [5.41, 5.74) is 1.90. The second-order valence-electron chi connectivity index (χ2n) is 7.87. The van der Waals surface area contributed by atoms with E-state index in [1.165, 1.54) is 12.2 Å². The number of rotatable bonds is 2. The first-order valence-corrected chi connectivity index (χ1v) is 10.2. The van der Waals surface area contributed by atoms with E-state index in [1.54, 1.807) is 29.2 Å². The fraction of sp³-hybridized carbons (Fsp3) is 0.167. The number of fused-ring (bicyclic) bond motifs is 2. The van der Waals surface area contributed by atoms with E-state index in [0.29, 0.717) is 24.3 Å². The molecule has 2 aliphatic heterocycles. The molecule has 2 aromatic carbocycles. The highest BCUT2D eigenvalue weighted by molar-refractivity contribution is 5.93. The van der Waals surface area contributed by atoms with Crippen LogP contribution >= 0.6 is 0 Å². The van der Waals surface area contributed by atoms with Crippen LogP contribution in [0.5, 0.6) is 0 Å². The molecule has 0 spiro atoms. The summed E-state index contributed by atoms with van der Waals surface area (Å²) in [6.07, 6.45) is -1.11. The lowest BCUT2D eigenvalue weighted by atomic mass is 9.83. The molecule has 0 bridgehead atoms. The number of nitrogens with one attached hydrogen (secondary N) is 1. The highest BCUT2D eigenvalue weighted by Gasteiger charge is 2.43. The van der Waals surface area contributed by atoms with Crippen molar-refractivity contribution in [3.05, 3.63) is 94.6 Å². The van der Waals surface area contributed by atoms with E-state index >= 15 is 0 Å². The molecule has 33 heavy (non-hydrogen) atoms. The first-order valence-electron chi connectivity index (χ1n) is 10.2. The summed E-state index contributed by atoms with van der Waals surface area (Å²) in [6.45, 7) is 1.01. The summed E-state index contributed by atoms with van der Waals surface area (Å²) >= 11 is 0. The molecule has 0 fully saturated rings. The van der Waals surface area contributed by atoms with E-state index in [9.17, 15) is 22.8 Å². The third-order valence-electron chi connectivity index (χ3n) is 5.78. The van der Waals surface area contributed by atoms with Gasteiger partial charge in [0.1, 0.15) is 0 Å². The summed E-state index contributed by atoms with van der Waals surface area (Å²) < 4.78 is 40.8. The van der Waals surface area contributed by atoms with Crippen molar-refractivity contribution >= 4 is 23.3 Å². The van der Waals surface area contributed by atoms with E-state index < -0.39 is 23.6 Å². The molecule has 0 saturated carbocycles. The molecule has 5 rings (SSSR count). The number of benzene rings is 2. The van der Waals surface area contributed by atoms with Gasteiger partial charge in [0.15, 0.2) is 0 Å². The largest absolute Gasteiger partial charge is 0.416 e. The van der Waals surface area contributed by atoms with Gasteiger partial charge in [0.2, 0.25) is 0 Å². The van der Waals surface area contributed by atoms with Crippen LogP contribution in [0.1, 0.15) is 16.7 Å². The zero-order chi connectivity index (χ0) is 23.2. The number of nitrogens with zero attached hydrogens (tertiary/aromatic N) is 3. The van der Waals surface area contributed by atoms with Gasteiger partial charge >= 0.3 is 12.2 Å². The zero-order valence-electron chi connectivity index (χ0n) is 17.1. The molecule has 0 saturated heterocycles. The number of hydrogen-bond acceptors (Lipinski definition) is 3. The molecule has 6 nitrogen and oxygen atoms in total. The molecule has 3 amide bonds. The second kappa shape index (κ2) is 7.84. The summed E-state index contributed by atoms with van der Waals surface area (Å²) in [6, 6.07) is 13.8. The van der Waals surface area contributed by atoms with Crippen LogP contribution in [-0.4, -0.2) is 23.0 Å². The molecule has 1 aliphatic carbocycles. The van der Waals surface area contributed by atoms with E-state index in [1.807, 2.05) is 24.3 Å².